The third kappa shape index (κ3) is 2.70. The Morgan fingerprint density at radius 2 is 1.88 bits per heavy atom. The lowest BCUT2D eigenvalue weighted by Gasteiger charge is -2.48. The number of amides is 1. The number of fused-ring (bicyclic) bond motifs is 1. The summed E-state index contributed by atoms with van der Waals surface area (Å²) in [6.45, 7) is 10.6. The van der Waals surface area contributed by atoms with E-state index in [1.54, 1.807) is 0 Å². The number of nitrogens with one attached hydrogen (secondary N) is 1. The van der Waals surface area contributed by atoms with Crippen molar-refractivity contribution in [3.8, 4) is 0 Å². The number of para-hydroxylation sites is 1. The summed E-state index contributed by atoms with van der Waals surface area (Å²) in [5.41, 5.74) is 1.47. The Morgan fingerprint density at radius 1 is 1.17 bits per heavy atom. The standard InChI is InChI=1S/C18H25N5O/c1-13(2)21-7-9-22(10-8-21)14-11-23(12-14)18(24)17-15-5-3-4-6-16(15)19-20-17/h3-6,13-14H,7-12H2,1-2H3,(H,19,20). The molecule has 2 aliphatic rings. The Balaban J connectivity index is 1.35. The first-order valence-electron chi connectivity index (χ1n) is 8.84. The topological polar surface area (TPSA) is 55.5 Å². The smallest absolute Gasteiger partial charge is 0.275 e. The molecule has 1 N–H and O–H groups in total. The SMILES string of the molecule is CC(C)N1CCN(C2CN(C(=O)c3n[nH]c4ccccc34)C2)CC1. The van der Waals surface area contributed by atoms with Crippen LogP contribution in [0.25, 0.3) is 10.9 Å². The average Bonchev–Trinajstić information content (AvgIpc) is 2.98. The number of hydrogen-bond acceptors (Lipinski definition) is 4. The number of benzene rings is 1. The summed E-state index contributed by atoms with van der Waals surface area (Å²) in [4.78, 5) is 19.7. The van der Waals surface area contributed by atoms with Gasteiger partial charge in [0, 0.05) is 56.7 Å². The maximum Gasteiger partial charge on any atom is 0.275 e. The highest BCUT2D eigenvalue weighted by molar-refractivity contribution is 6.04. The predicted molar refractivity (Wildman–Crippen MR) is 94.1 cm³/mol. The van der Waals surface area contributed by atoms with Crippen molar-refractivity contribution >= 4 is 16.8 Å². The molecule has 128 valence electrons. The number of carbonyl (C=O) groups is 1. The van der Waals surface area contributed by atoms with Gasteiger partial charge in [0.1, 0.15) is 0 Å². The predicted octanol–water partition coefficient (Wildman–Crippen LogP) is 1.41. The van der Waals surface area contributed by atoms with Crippen molar-refractivity contribution in [2.75, 3.05) is 39.3 Å². The van der Waals surface area contributed by atoms with Crippen molar-refractivity contribution in [3.63, 3.8) is 0 Å². The van der Waals surface area contributed by atoms with Gasteiger partial charge in [0.15, 0.2) is 5.69 Å². The minimum atomic E-state index is 0.0458. The van der Waals surface area contributed by atoms with Crippen LogP contribution in [0.2, 0.25) is 0 Å². The van der Waals surface area contributed by atoms with E-state index in [4.69, 9.17) is 0 Å². The third-order valence-corrected chi connectivity index (χ3v) is 5.42. The van der Waals surface area contributed by atoms with Crippen LogP contribution in [-0.2, 0) is 0 Å². The van der Waals surface area contributed by atoms with Gasteiger partial charge in [-0.3, -0.25) is 19.7 Å². The van der Waals surface area contributed by atoms with E-state index in [9.17, 15) is 4.79 Å². The molecule has 1 aromatic carbocycles. The van der Waals surface area contributed by atoms with Crippen molar-refractivity contribution in [2.45, 2.75) is 25.9 Å². The fourth-order valence-electron chi connectivity index (χ4n) is 3.75. The zero-order chi connectivity index (χ0) is 16.7. The molecule has 2 saturated heterocycles. The number of aromatic amines is 1. The van der Waals surface area contributed by atoms with Crippen molar-refractivity contribution in [3.05, 3.63) is 30.0 Å². The van der Waals surface area contributed by atoms with E-state index in [-0.39, 0.29) is 5.91 Å². The minimum Gasteiger partial charge on any atom is -0.334 e. The lowest BCUT2D eigenvalue weighted by atomic mass is 10.0. The molecule has 0 bridgehead atoms. The van der Waals surface area contributed by atoms with Crippen LogP contribution in [0.15, 0.2) is 24.3 Å². The van der Waals surface area contributed by atoms with Gasteiger partial charge in [-0.25, -0.2) is 0 Å². The van der Waals surface area contributed by atoms with Crippen molar-refractivity contribution in [2.24, 2.45) is 0 Å². The lowest BCUT2D eigenvalue weighted by Crippen LogP contribution is -2.64. The summed E-state index contributed by atoms with van der Waals surface area (Å²) in [5.74, 6) is 0.0458. The molecule has 0 spiro atoms. The Hall–Kier alpha value is -1.92. The molecule has 1 aromatic heterocycles. The maximum atomic E-state index is 12.7. The molecule has 6 nitrogen and oxygen atoms in total. The first-order chi connectivity index (χ1) is 11.6. The molecule has 4 rings (SSSR count). The first kappa shape index (κ1) is 15.6. The molecule has 0 saturated carbocycles. The van der Waals surface area contributed by atoms with Gasteiger partial charge in [-0.2, -0.15) is 5.10 Å². The highest BCUT2D eigenvalue weighted by Crippen LogP contribution is 2.22. The van der Waals surface area contributed by atoms with Crippen LogP contribution in [0.5, 0.6) is 0 Å². The fourth-order valence-corrected chi connectivity index (χ4v) is 3.75. The second-order valence-electron chi connectivity index (χ2n) is 7.15. The Kier molecular flexibility index (Phi) is 4.02. The monoisotopic (exact) mass is 327 g/mol. The molecule has 0 aliphatic carbocycles. The number of H-pyrrole nitrogens is 1. The van der Waals surface area contributed by atoms with Gasteiger partial charge >= 0.3 is 0 Å². The zero-order valence-corrected chi connectivity index (χ0v) is 14.4. The normalized spacial score (nSPS) is 20.7. The molecule has 3 heterocycles. The molecule has 2 aromatic rings. The van der Waals surface area contributed by atoms with E-state index in [0.717, 1.165) is 50.2 Å². The fraction of sp³-hybridized carbons (Fsp3) is 0.556. The molecule has 0 unspecified atom stereocenters. The highest BCUT2D eigenvalue weighted by atomic mass is 16.2. The molecule has 6 heteroatoms. The third-order valence-electron chi connectivity index (χ3n) is 5.42. The number of aromatic nitrogens is 2. The zero-order valence-electron chi connectivity index (χ0n) is 14.4. The molecule has 0 radical (unpaired) electrons. The van der Waals surface area contributed by atoms with Crippen molar-refractivity contribution < 1.29 is 4.79 Å². The van der Waals surface area contributed by atoms with Gasteiger partial charge in [0.25, 0.3) is 5.91 Å². The van der Waals surface area contributed by atoms with E-state index in [1.165, 1.54) is 0 Å². The summed E-state index contributed by atoms with van der Waals surface area (Å²) in [5, 5.41) is 8.09. The number of carbonyl (C=O) groups excluding carboxylic acids is 1. The van der Waals surface area contributed by atoms with Crippen molar-refractivity contribution in [1.29, 1.82) is 0 Å². The van der Waals surface area contributed by atoms with Crippen LogP contribution < -0.4 is 0 Å². The Labute approximate surface area is 142 Å². The summed E-state index contributed by atoms with van der Waals surface area (Å²) in [6, 6.07) is 8.93. The van der Waals surface area contributed by atoms with Gasteiger partial charge in [0.05, 0.1) is 5.52 Å². The van der Waals surface area contributed by atoms with Gasteiger partial charge in [-0.05, 0) is 19.9 Å². The van der Waals surface area contributed by atoms with Crippen LogP contribution in [0, 0.1) is 0 Å². The van der Waals surface area contributed by atoms with Crippen LogP contribution in [0.4, 0.5) is 0 Å². The van der Waals surface area contributed by atoms with Gasteiger partial charge in [-0.1, -0.05) is 18.2 Å². The molecule has 1 amide bonds. The second-order valence-corrected chi connectivity index (χ2v) is 7.15. The first-order valence-corrected chi connectivity index (χ1v) is 8.84. The molecule has 24 heavy (non-hydrogen) atoms. The van der Waals surface area contributed by atoms with E-state index in [0.29, 0.717) is 17.8 Å². The van der Waals surface area contributed by atoms with Crippen LogP contribution in [-0.4, -0.2) is 82.2 Å². The van der Waals surface area contributed by atoms with E-state index < -0.39 is 0 Å². The Morgan fingerprint density at radius 3 is 2.58 bits per heavy atom. The Bertz CT molecular complexity index is 726. The van der Waals surface area contributed by atoms with Crippen LogP contribution in [0.1, 0.15) is 24.3 Å². The minimum absolute atomic E-state index is 0.0458. The summed E-state index contributed by atoms with van der Waals surface area (Å²) < 4.78 is 0. The van der Waals surface area contributed by atoms with Crippen LogP contribution in [0.3, 0.4) is 0 Å². The van der Waals surface area contributed by atoms with E-state index in [1.807, 2.05) is 29.2 Å². The highest BCUT2D eigenvalue weighted by Gasteiger charge is 2.37. The van der Waals surface area contributed by atoms with Crippen molar-refractivity contribution in [1.82, 2.24) is 24.9 Å². The summed E-state index contributed by atoms with van der Waals surface area (Å²) in [7, 11) is 0. The summed E-state index contributed by atoms with van der Waals surface area (Å²) in [6.07, 6.45) is 0. The van der Waals surface area contributed by atoms with Gasteiger partial charge < -0.3 is 4.90 Å². The number of hydrogen-bond donors (Lipinski definition) is 1. The largest absolute Gasteiger partial charge is 0.334 e. The van der Waals surface area contributed by atoms with E-state index >= 15 is 0 Å². The number of nitrogens with zero attached hydrogens (tertiary/aromatic N) is 4. The summed E-state index contributed by atoms with van der Waals surface area (Å²) >= 11 is 0. The number of likely N-dealkylation sites (tertiary alicyclic amines) is 1. The van der Waals surface area contributed by atoms with Gasteiger partial charge in [0.2, 0.25) is 0 Å². The molecule has 0 atom stereocenters. The molecular weight excluding hydrogens is 302 g/mol. The molecular formula is C18H25N5O. The number of rotatable bonds is 3. The van der Waals surface area contributed by atoms with E-state index in [2.05, 4.69) is 33.8 Å². The van der Waals surface area contributed by atoms with Gasteiger partial charge in [-0.15, -0.1) is 0 Å². The quantitative estimate of drug-likeness (QED) is 0.926. The lowest BCUT2D eigenvalue weighted by molar-refractivity contribution is 0.00298. The maximum absolute atomic E-state index is 12.7. The molecule has 2 fully saturated rings. The van der Waals surface area contributed by atoms with Crippen LogP contribution >= 0.6 is 0 Å². The average molecular weight is 327 g/mol. The molecule has 2 aliphatic heterocycles. The second kappa shape index (κ2) is 6.18. The number of piperazine rings is 1.